The topological polar surface area (TPSA) is 96.9 Å². The summed E-state index contributed by atoms with van der Waals surface area (Å²) in [6.45, 7) is 1.51. The zero-order valence-corrected chi connectivity index (χ0v) is 19.0. The molecule has 5 amide bonds. The first-order chi connectivity index (χ1) is 15.7. The molecule has 0 aliphatic carbocycles. The molecular formula is C22H12Cl3N3O5. The normalized spacial score (nSPS) is 13.6. The van der Waals surface area contributed by atoms with Crippen LogP contribution in [0.2, 0.25) is 15.3 Å². The van der Waals surface area contributed by atoms with E-state index in [9.17, 15) is 19.2 Å². The van der Waals surface area contributed by atoms with E-state index in [2.05, 4.69) is 4.98 Å². The Morgan fingerprint density at radius 1 is 0.879 bits per heavy atom. The Balaban J connectivity index is 1.59. The van der Waals surface area contributed by atoms with Gasteiger partial charge in [0.15, 0.2) is 0 Å². The van der Waals surface area contributed by atoms with Crippen molar-refractivity contribution in [3.63, 3.8) is 0 Å². The molecule has 2 heterocycles. The lowest BCUT2D eigenvalue weighted by molar-refractivity contribution is -0.138. The SMILES string of the molecule is Cc1cc(Cl)nc(Cl)c1C(=O)N1C(=O)C(=O)N(c2ccc(Oc3ccc(Cl)cc3)cc2)C1=O. The van der Waals surface area contributed by atoms with Crippen molar-refractivity contribution < 1.29 is 23.9 Å². The third-order valence-electron chi connectivity index (χ3n) is 4.67. The number of aryl methyl sites for hydroxylation is 1. The summed E-state index contributed by atoms with van der Waals surface area (Å²) in [5.41, 5.74) is 0.165. The highest BCUT2D eigenvalue weighted by atomic mass is 35.5. The van der Waals surface area contributed by atoms with Crippen molar-refractivity contribution in [3.05, 3.63) is 81.1 Å². The van der Waals surface area contributed by atoms with Gasteiger partial charge in [0.1, 0.15) is 21.8 Å². The van der Waals surface area contributed by atoms with E-state index in [0.717, 1.165) is 0 Å². The fraction of sp³-hybridized carbons (Fsp3) is 0.0455. The average Bonchev–Trinajstić information content (AvgIpc) is 2.98. The average molecular weight is 505 g/mol. The number of pyridine rings is 1. The van der Waals surface area contributed by atoms with Crippen LogP contribution in [-0.2, 0) is 9.59 Å². The Morgan fingerprint density at radius 2 is 1.45 bits per heavy atom. The molecule has 0 N–H and O–H groups in total. The first kappa shape index (κ1) is 22.7. The summed E-state index contributed by atoms with van der Waals surface area (Å²) in [4.78, 5) is 55.5. The number of rotatable bonds is 4. The number of carbonyl (C=O) groups is 4. The Kier molecular flexibility index (Phi) is 6.07. The van der Waals surface area contributed by atoms with Crippen LogP contribution in [0.1, 0.15) is 15.9 Å². The standard InChI is InChI=1S/C22H12Cl3N3O5/c1-11-10-16(24)26-18(25)17(11)19(29)28-21(31)20(30)27(22(28)32)13-4-8-15(9-5-13)33-14-6-2-12(23)3-7-14/h2-10H,1H3. The number of hydrogen-bond donors (Lipinski definition) is 0. The molecule has 1 aliphatic heterocycles. The summed E-state index contributed by atoms with van der Waals surface area (Å²) in [5.74, 6) is -2.63. The predicted molar refractivity (Wildman–Crippen MR) is 121 cm³/mol. The quantitative estimate of drug-likeness (QED) is 0.208. The van der Waals surface area contributed by atoms with Crippen LogP contribution in [0.5, 0.6) is 11.5 Å². The summed E-state index contributed by atoms with van der Waals surface area (Å²) < 4.78 is 5.67. The Morgan fingerprint density at radius 3 is 2.03 bits per heavy atom. The van der Waals surface area contributed by atoms with E-state index in [-0.39, 0.29) is 26.5 Å². The molecule has 8 nitrogen and oxygen atoms in total. The van der Waals surface area contributed by atoms with Crippen LogP contribution in [0, 0.1) is 6.92 Å². The van der Waals surface area contributed by atoms with Crippen LogP contribution < -0.4 is 9.64 Å². The number of benzene rings is 2. The molecule has 166 valence electrons. The first-order valence-electron chi connectivity index (χ1n) is 9.30. The van der Waals surface area contributed by atoms with Gasteiger partial charge in [0.2, 0.25) is 0 Å². The van der Waals surface area contributed by atoms with Gasteiger partial charge in [-0.2, -0.15) is 4.90 Å². The number of aromatic nitrogens is 1. The summed E-state index contributed by atoms with van der Waals surface area (Å²) >= 11 is 17.7. The molecule has 11 heteroatoms. The van der Waals surface area contributed by atoms with Crippen LogP contribution in [0.3, 0.4) is 0 Å². The number of carbonyl (C=O) groups excluding carboxylic acids is 4. The highest BCUT2D eigenvalue weighted by Crippen LogP contribution is 2.30. The van der Waals surface area contributed by atoms with Crippen molar-refractivity contribution in [1.82, 2.24) is 9.88 Å². The van der Waals surface area contributed by atoms with Gasteiger partial charge in [0, 0.05) is 5.02 Å². The molecule has 0 radical (unpaired) electrons. The lowest BCUT2D eigenvalue weighted by atomic mass is 10.1. The van der Waals surface area contributed by atoms with E-state index in [0.29, 0.717) is 27.0 Å². The number of nitrogens with zero attached hydrogens (tertiary/aromatic N) is 3. The molecule has 3 aromatic rings. The minimum atomic E-state index is -1.31. The second-order valence-electron chi connectivity index (χ2n) is 6.85. The van der Waals surface area contributed by atoms with E-state index in [4.69, 9.17) is 39.5 Å². The van der Waals surface area contributed by atoms with E-state index >= 15 is 0 Å². The van der Waals surface area contributed by atoms with Crippen LogP contribution in [-0.4, -0.2) is 33.6 Å². The van der Waals surface area contributed by atoms with Gasteiger partial charge in [0.05, 0.1) is 11.3 Å². The largest absolute Gasteiger partial charge is 0.457 e. The molecule has 1 aromatic heterocycles. The smallest absolute Gasteiger partial charge is 0.346 e. The molecule has 4 rings (SSSR count). The summed E-state index contributed by atoms with van der Waals surface area (Å²) in [5, 5.41) is 0.297. The number of imide groups is 4. The van der Waals surface area contributed by atoms with Crippen LogP contribution in [0.25, 0.3) is 0 Å². The number of anilines is 1. The molecule has 1 fully saturated rings. The van der Waals surface area contributed by atoms with E-state index in [1.54, 1.807) is 24.3 Å². The van der Waals surface area contributed by atoms with Gasteiger partial charge in [-0.25, -0.2) is 14.7 Å². The fourth-order valence-corrected chi connectivity index (χ4v) is 3.88. The number of halogens is 3. The van der Waals surface area contributed by atoms with Crippen molar-refractivity contribution in [2.24, 2.45) is 0 Å². The van der Waals surface area contributed by atoms with E-state index in [1.807, 2.05) is 0 Å². The molecule has 0 bridgehead atoms. The van der Waals surface area contributed by atoms with Crippen LogP contribution >= 0.6 is 34.8 Å². The van der Waals surface area contributed by atoms with Gasteiger partial charge in [-0.3, -0.25) is 14.4 Å². The molecule has 0 unspecified atom stereocenters. The minimum Gasteiger partial charge on any atom is -0.457 e. The molecule has 33 heavy (non-hydrogen) atoms. The molecule has 0 spiro atoms. The minimum absolute atomic E-state index is 0.0340. The molecular weight excluding hydrogens is 493 g/mol. The number of urea groups is 1. The predicted octanol–water partition coefficient (Wildman–Crippen LogP) is 5.28. The van der Waals surface area contributed by atoms with Gasteiger partial charge in [0.25, 0.3) is 5.91 Å². The van der Waals surface area contributed by atoms with Gasteiger partial charge in [-0.05, 0) is 67.1 Å². The monoisotopic (exact) mass is 503 g/mol. The zero-order valence-electron chi connectivity index (χ0n) is 16.7. The second-order valence-corrected chi connectivity index (χ2v) is 8.03. The van der Waals surface area contributed by atoms with Gasteiger partial charge >= 0.3 is 17.8 Å². The maximum atomic E-state index is 12.9. The molecule has 0 atom stereocenters. The summed E-state index contributed by atoms with van der Waals surface area (Å²) in [6, 6.07) is 12.7. The fourth-order valence-electron chi connectivity index (χ4n) is 3.14. The van der Waals surface area contributed by atoms with Gasteiger partial charge < -0.3 is 4.74 Å². The maximum absolute atomic E-state index is 12.9. The lowest BCUT2D eigenvalue weighted by Gasteiger charge is -2.16. The summed E-state index contributed by atoms with van der Waals surface area (Å²) in [7, 11) is 0. The molecule has 0 saturated carbocycles. The Hall–Kier alpha value is -3.46. The van der Waals surface area contributed by atoms with Crippen LogP contribution in [0.4, 0.5) is 10.5 Å². The number of amides is 5. The van der Waals surface area contributed by atoms with Crippen LogP contribution in [0.15, 0.2) is 54.6 Å². The van der Waals surface area contributed by atoms with E-state index in [1.165, 1.54) is 37.3 Å². The van der Waals surface area contributed by atoms with Crippen molar-refractivity contribution in [2.45, 2.75) is 6.92 Å². The van der Waals surface area contributed by atoms with Crippen molar-refractivity contribution >= 4 is 64.2 Å². The van der Waals surface area contributed by atoms with Crippen molar-refractivity contribution in [1.29, 1.82) is 0 Å². The Labute approximate surface area is 202 Å². The number of ether oxygens (including phenoxy) is 1. The molecule has 2 aromatic carbocycles. The lowest BCUT2D eigenvalue weighted by Crippen LogP contribution is -2.38. The maximum Gasteiger partial charge on any atom is 0.346 e. The van der Waals surface area contributed by atoms with Gasteiger partial charge in [-0.15, -0.1) is 0 Å². The number of hydrogen-bond acceptors (Lipinski definition) is 6. The Bertz CT molecular complexity index is 1290. The second kappa shape index (κ2) is 8.82. The zero-order chi connectivity index (χ0) is 23.9. The third kappa shape index (κ3) is 4.28. The van der Waals surface area contributed by atoms with Crippen molar-refractivity contribution in [2.75, 3.05) is 4.90 Å². The molecule has 1 aliphatic rings. The summed E-state index contributed by atoms with van der Waals surface area (Å²) in [6.07, 6.45) is 0. The van der Waals surface area contributed by atoms with Crippen molar-refractivity contribution in [3.8, 4) is 11.5 Å². The van der Waals surface area contributed by atoms with E-state index < -0.39 is 23.8 Å². The first-order valence-corrected chi connectivity index (χ1v) is 10.4. The highest BCUT2D eigenvalue weighted by molar-refractivity contribution is 6.56. The molecule has 1 saturated heterocycles. The highest BCUT2D eigenvalue weighted by Gasteiger charge is 2.49. The third-order valence-corrected chi connectivity index (χ3v) is 5.39. The van der Waals surface area contributed by atoms with Gasteiger partial charge in [-0.1, -0.05) is 34.8 Å².